The minimum atomic E-state index is -0.382. The highest BCUT2D eigenvalue weighted by molar-refractivity contribution is 7.08. The molecule has 142 valence electrons. The maximum absolute atomic E-state index is 13.0. The molecule has 1 N–H and O–H groups in total. The zero-order valence-electron chi connectivity index (χ0n) is 15.0. The summed E-state index contributed by atoms with van der Waals surface area (Å²) in [5.41, 5.74) is 1.48. The smallest absolute Gasteiger partial charge is 0.409 e. The van der Waals surface area contributed by atoms with Crippen LogP contribution in [0.3, 0.4) is 0 Å². The first-order chi connectivity index (χ1) is 13.1. The van der Waals surface area contributed by atoms with Gasteiger partial charge in [0.2, 0.25) is 0 Å². The number of hydrogen-bond donors (Lipinski definition) is 1. The van der Waals surface area contributed by atoms with Crippen LogP contribution in [0.5, 0.6) is 0 Å². The van der Waals surface area contributed by atoms with E-state index in [2.05, 4.69) is 5.32 Å². The standard InChI is InChI=1S/C19H21N3O4S/c1-26-19(25)22-9-4-8-21(10-11-22)18(24)15-5-2-3-6-16(15)20-17(23)14-7-12-27-13-14/h2-3,5-7,12-13H,4,8-11H2,1H3,(H,20,23). The number of anilines is 1. The Kier molecular flexibility index (Phi) is 6.08. The highest BCUT2D eigenvalue weighted by Crippen LogP contribution is 2.20. The minimum absolute atomic E-state index is 0.164. The van der Waals surface area contributed by atoms with E-state index < -0.39 is 0 Å². The van der Waals surface area contributed by atoms with Crippen molar-refractivity contribution in [1.82, 2.24) is 9.80 Å². The summed E-state index contributed by atoms with van der Waals surface area (Å²) in [5, 5.41) is 6.41. The summed E-state index contributed by atoms with van der Waals surface area (Å²) in [7, 11) is 1.35. The number of benzene rings is 1. The third kappa shape index (κ3) is 4.46. The summed E-state index contributed by atoms with van der Waals surface area (Å²) in [4.78, 5) is 40.4. The molecule has 2 heterocycles. The summed E-state index contributed by atoms with van der Waals surface area (Å²) in [5.74, 6) is -0.410. The van der Waals surface area contributed by atoms with E-state index >= 15 is 0 Å². The average molecular weight is 387 g/mol. The predicted octanol–water partition coefficient (Wildman–Crippen LogP) is 2.91. The van der Waals surface area contributed by atoms with E-state index in [9.17, 15) is 14.4 Å². The molecule has 0 bridgehead atoms. The van der Waals surface area contributed by atoms with Gasteiger partial charge in [0.25, 0.3) is 11.8 Å². The lowest BCUT2D eigenvalue weighted by molar-refractivity contribution is 0.0758. The van der Waals surface area contributed by atoms with Gasteiger partial charge in [-0.3, -0.25) is 9.59 Å². The van der Waals surface area contributed by atoms with Crippen LogP contribution < -0.4 is 5.32 Å². The Hall–Kier alpha value is -2.87. The monoisotopic (exact) mass is 387 g/mol. The van der Waals surface area contributed by atoms with Crippen molar-refractivity contribution in [2.24, 2.45) is 0 Å². The van der Waals surface area contributed by atoms with E-state index in [0.29, 0.717) is 49.4 Å². The van der Waals surface area contributed by atoms with Gasteiger partial charge in [0, 0.05) is 31.6 Å². The number of methoxy groups -OCH3 is 1. The van der Waals surface area contributed by atoms with Gasteiger partial charge in [-0.15, -0.1) is 0 Å². The number of nitrogens with zero attached hydrogens (tertiary/aromatic N) is 2. The maximum atomic E-state index is 13.0. The molecule has 1 saturated heterocycles. The number of amides is 3. The quantitative estimate of drug-likeness (QED) is 0.878. The Morgan fingerprint density at radius 3 is 2.52 bits per heavy atom. The molecule has 3 amide bonds. The van der Waals surface area contributed by atoms with Crippen molar-refractivity contribution in [2.45, 2.75) is 6.42 Å². The first-order valence-corrected chi connectivity index (χ1v) is 9.59. The second kappa shape index (κ2) is 8.68. The highest BCUT2D eigenvalue weighted by atomic mass is 32.1. The number of ether oxygens (including phenoxy) is 1. The molecule has 1 aliphatic heterocycles. The molecular weight excluding hydrogens is 366 g/mol. The second-order valence-corrected chi connectivity index (χ2v) is 6.89. The van der Waals surface area contributed by atoms with E-state index in [1.165, 1.54) is 18.4 Å². The fourth-order valence-corrected chi connectivity index (χ4v) is 3.61. The maximum Gasteiger partial charge on any atom is 0.409 e. The molecule has 1 aliphatic rings. The van der Waals surface area contributed by atoms with Crippen LogP contribution in [0.25, 0.3) is 0 Å². The topological polar surface area (TPSA) is 79.0 Å². The first kappa shape index (κ1) is 18.9. The highest BCUT2D eigenvalue weighted by Gasteiger charge is 2.24. The van der Waals surface area contributed by atoms with Crippen molar-refractivity contribution < 1.29 is 19.1 Å². The summed E-state index contributed by atoms with van der Waals surface area (Å²) in [6.45, 7) is 1.93. The van der Waals surface area contributed by atoms with Gasteiger partial charge < -0.3 is 19.9 Å². The van der Waals surface area contributed by atoms with Gasteiger partial charge in [0.1, 0.15) is 0 Å². The van der Waals surface area contributed by atoms with Gasteiger partial charge in [-0.25, -0.2) is 4.79 Å². The lowest BCUT2D eigenvalue weighted by Crippen LogP contribution is -2.37. The van der Waals surface area contributed by atoms with Crippen molar-refractivity contribution >= 4 is 34.9 Å². The summed E-state index contributed by atoms with van der Waals surface area (Å²) >= 11 is 1.44. The molecule has 2 aromatic rings. The number of para-hydroxylation sites is 1. The number of hydrogen-bond acceptors (Lipinski definition) is 5. The van der Waals surface area contributed by atoms with Crippen molar-refractivity contribution in [3.05, 3.63) is 52.2 Å². The largest absolute Gasteiger partial charge is 0.453 e. The number of carbonyl (C=O) groups is 3. The first-order valence-electron chi connectivity index (χ1n) is 8.65. The Bertz CT molecular complexity index is 822. The van der Waals surface area contributed by atoms with Crippen LogP contribution in [0.15, 0.2) is 41.1 Å². The molecule has 0 saturated carbocycles. The van der Waals surface area contributed by atoms with Crippen LogP contribution >= 0.6 is 11.3 Å². The van der Waals surface area contributed by atoms with Gasteiger partial charge in [-0.1, -0.05) is 12.1 Å². The number of rotatable bonds is 3. The number of carbonyl (C=O) groups excluding carboxylic acids is 3. The molecule has 7 nitrogen and oxygen atoms in total. The van der Waals surface area contributed by atoms with Crippen LogP contribution in [0.2, 0.25) is 0 Å². The predicted molar refractivity (Wildman–Crippen MR) is 103 cm³/mol. The number of thiophene rings is 1. The zero-order chi connectivity index (χ0) is 19.2. The van der Waals surface area contributed by atoms with E-state index in [0.717, 1.165) is 0 Å². The van der Waals surface area contributed by atoms with Crippen LogP contribution in [-0.2, 0) is 4.74 Å². The van der Waals surface area contributed by atoms with Gasteiger partial charge in [-0.05, 0) is 30.0 Å². The minimum Gasteiger partial charge on any atom is -0.453 e. The van der Waals surface area contributed by atoms with Crippen molar-refractivity contribution in [3.63, 3.8) is 0 Å². The fourth-order valence-electron chi connectivity index (χ4n) is 2.97. The Balaban J connectivity index is 1.73. The molecule has 1 fully saturated rings. The van der Waals surface area contributed by atoms with Gasteiger partial charge in [-0.2, -0.15) is 11.3 Å². The molecular formula is C19H21N3O4S. The molecule has 0 spiro atoms. The van der Waals surface area contributed by atoms with Crippen LogP contribution in [0.1, 0.15) is 27.1 Å². The lowest BCUT2D eigenvalue weighted by atomic mass is 10.1. The van der Waals surface area contributed by atoms with Crippen LogP contribution in [0, 0.1) is 0 Å². The SMILES string of the molecule is COC(=O)N1CCCN(C(=O)c2ccccc2NC(=O)c2ccsc2)CC1. The normalized spacial score (nSPS) is 14.4. The molecule has 3 rings (SSSR count). The summed E-state index contributed by atoms with van der Waals surface area (Å²) < 4.78 is 4.76. The molecule has 1 aromatic heterocycles. The Morgan fingerprint density at radius 1 is 1.04 bits per heavy atom. The second-order valence-electron chi connectivity index (χ2n) is 6.11. The average Bonchev–Trinajstić information content (AvgIpc) is 3.12. The molecule has 0 unspecified atom stereocenters. The Labute approximate surface area is 161 Å². The molecule has 0 aliphatic carbocycles. The Morgan fingerprint density at radius 2 is 1.78 bits per heavy atom. The van der Waals surface area contributed by atoms with E-state index in [4.69, 9.17) is 4.74 Å². The molecule has 8 heteroatoms. The summed E-state index contributed by atoms with van der Waals surface area (Å²) in [6.07, 6.45) is 0.289. The fraction of sp³-hybridized carbons (Fsp3) is 0.316. The zero-order valence-corrected chi connectivity index (χ0v) is 15.8. The van der Waals surface area contributed by atoms with E-state index in [1.54, 1.807) is 45.5 Å². The summed E-state index contributed by atoms with van der Waals surface area (Å²) in [6, 6.07) is 8.71. The van der Waals surface area contributed by atoms with Crippen LogP contribution in [0.4, 0.5) is 10.5 Å². The van der Waals surface area contributed by atoms with E-state index in [-0.39, 0.29) is 17.9 Å². The third-order valence-electron chi connectivity index (χ3n) is 4.40. The third-order valence-corrected chi connectivity index (χ3v) is 5.09. The van der Waals surface area contributed by atoms with E-state index in [1.807, 2.05) is 5.38 Å². The van der Waals surface area contributed by atoms with Crippen molar-refractivity contribution in [2.75, 3.05) is 38.6 Å². The molecule has 27 heavy (non-hydrogen) atoms. The molecule has 0 radical (unpaired) electrons. The molecule has 0 atom stereocenters. The van der Waals surface area contributed by atoms with Crippen molar-refractivity contribution in [1.29, 1.82) is 0 Å². The van der Waals surface area contributed by atoms with Crippen molar-refractivity contribution in [3.8, 4) is 0 Å². The van der Waals surface area contributed by atoms with Gasteiger partial charge >= 0.3 is 6.09 Å². The number of nitrogens with one attached hydrogen (secondary N) is 1. The van der Waals surface area contributed by atoms with Crippen LogP contribution in [-0.4, -0.2) is 61.0 Å². The molecule has 1 aromatic carbocycles. The van der Waals surface area contributed by atoms with Gasteiger partial charge in [0.05, 0.1) is 23.9 Å². The van der Waals surface area contributed by atoms with Gasteiger partial charge in [0.15, 0.2) is 0 Å². The lowest BCUT2D eigenvalue weighted by Gasteiger charge is -2.22.